The molecule has 0 aliphatic carbocycles. The van der Waals surface area contributed by atoms with E-state index in [-0.39, 0.29) is 10.9 Å². The highest BCUT2D eigenvalue weighted by atomic mass is 35.5. The third-order valence-corrected chi connectivity index (χ3v) is 4.30. The number of methoxy groups -OCH3 is 1. The summed E-state index contributed by atoms with van der Waals surface area (Å²) in [6.07, 6.45) is 0.726. The van der Waals surface area contributed by atoms with Gasteiger partial charge in [-0.3, -0.25) is 0 Å². The fourth-order valence-electron chi connectivity index (χ4n) is 1.22. The topological polar surface area (TPSA) is 55.4 Å². The summed E-state index contributed by atoms with van der Waals surface area (Å²) in [5.74, 6) is 0.346. The molecule has 1 aromatic carbocycles. The lowest BCUT2D eigenvalue weighted by atomic mass is 10.3. The Morgan fingerprint density at radius 1 is 1.47 bits per heavy atom. The van der Waals surface area contributed by atoms with E-state index in [2.05, 4.69) is 4.72 Å². The van der Waals surface area contributed by atoms with Crippen molar-refractivity contribution in [1.29, 1.82) is 0 Å². The average molecular weight is 278 g/mol. The normalized spacial score (nSPS) is 13.4. The Labute approximate surface area is 107 Å². The molecule has 0 fully saturated rings. The van der Waals surface area contributed by atoms with Crippen LogP contribution in [-0.4, -0.2) is 21.6 Å². The van der Waals surface area contributed by atoms with Crippen molar-refractivity contribution >= 4 is 21.6 Å². The van der Waals surface area contributed by atoms with Crippen LogP contribution >= 0.6 is 11.6 Å². The van der Waals surface area contributed by atoms with E-state index in [1.807, 2.05) is 13.8 Å². The zero-order valence-corrected chi connectivity index (χ0v) is 11.6. The molecule has 0 aliphatic rings. The van der Waals surface area contributed by atoms with E-state index in [1.165, 1.54) is 25.3 Å². The Kier molecular flexibility index (Phi) is 4.80. The molecule has 0 radical (unpaired) electrons. The SMILES string of the molecule is CC[C@@H](C)NS(=O)(=O)c1ccc(Cl)c(OC)c1. The number of benzene rings is 1. The highest BCUT2D eigenvalue weighted by Gasteiger charge is 2.18. The van der Waals surface area contributed by atoms with Crippen molar-refractivity contribution in [2.75, 3.05) is 7.11 Å². The molecule has 0 aromatic heterocycles. The van der Waals surface area contributed by atoms with Gasteiger partial charge < -0.3 is 4.74 Å². The molecule has 1 atom stereocenters. The molecule has 0 bridgehead atoms. The van der Waals surface area contributed by atoms with Gasteiger partial charge in [0.1, 0.15) is 5.75 Å². The second kappa shape index (κ2) is 5.71. The predicted molar refractivity (Wildman–Crippen MR) is 68.1 cm³/mol. The van der Waals surface area contributed by atoms with Crippen LogP contribution in [-0.2, 0) is 10.0 Å². The first kappa shape index (κ1) is 14.3. The smallest absolute Gasteiger partial charge is 0.240 e. The highest BCUT2D eigenvalue weighted by Crippen LogP contribution is 2.27. The minimum absolute atomic E-state index is 0.110. The first-order valence-corrected chi connectivity index (χ1v) is 7.12. The molecule has 0 heterocycles. The molecule has 0 aliphatic heterocycles. The molecule has 1 aromatic rings. The van der Waals surface area contributed by atoms with Crippen molar-refractivity contribution in [2.45, 2.75) is 31.2 Å². The fraction of sp³-hybridized carbons (Fsp3) is 0.455. The van der Waals surface area contributed by atoms with Gasteiger partial charge in [-0.05, 0) is 25.5 Å². The van der Waals surface area contributed by atoms with Crippen molar-refractivity contribution < 1.29 is 13.2 Å². The summed E-state index contributed by atoms with van der Waals surface area (Å²) < 4.78 is 31.5. The van der Waals surface area contributed by atoms with Crippen LogP contribution in [0.25, 0.3) is 0 Å². The van der Waals surface area contributed by atoms with Gasteiger partial charge in [0.15, 0.2) is 0 Å². The number of ether oxygens (including phenoxy) is 1. The quantitative estimate of drug-likeness (QED) is 0.899. The summed E-state index contributed by atoms with van der Waals surface area (Å²) in [6.45, 7) is 3.72. The number of nitrogens with one attached hydrogen (secondary N) is 1. The third kappa shape index (κ3) is 3.59. The molecule has 0 saturated carbocycles. The standard InChI is InChI=1S/C11H16ClNO3S/c1-4-8(2)13-17(14,15)9-5-6-10(12)11(7-9)16-3/h5-8,13H,4H2,1-3H3/t8-/m1/s1. The lowest BCUT2D eigenvalue weighted by molar-refractivity contribution is 0.413. The Bertz CT molecular complexity index is 487. The summed E-state index contributed by atoms with van der Waals surface area (Å²) >= 11 is 5.84. The zero-order valence-electron chi connectivity index (χ0n) is 10.0. The summed E-state index contributed by atoms with van der Waals surface area (Å²) in [4.78, 5) is 0.152. The predicted octanol–water partition coefficient (Wildman–Crippen LogP) is 2.43. The maximum atomic E-state index is 12.0. The number of hydrogen-bond donors (Lipinski definition) is 1. The molecule has 0 spiro atoms. The molecular weight excluding hydrogens is 262 g/mol. The van der Waals surface area contributed by atoms with Crippen LogP contribution in [0.2, 0.25) is 5.02 Å². The van der Waals surface area contributed by atoms with Gasteiger partial charge in [0.25, 0.3) is 0 Å². The van der Waals surface area contributed by atoms with Crippen LogP contribution in [0.5, 0.6) is 5.75 Å². The Morgan fingerprint density at radius 2 is 2.12 bits per heavy atom. The number of halogens is 1. The molecule has 17 heavy (non-hydrogen) atoms. The van der Waals surface area contributed by atoms with Gasteiger partial charge in [-0.25, -0.2) is 13.1 Å². The van der Waals surface area contributed by atoms with E-state index in [4.69, 9.17) is 16.3 Å². The number of sulfonamides is 1. The second-order valence-electron chi connectivity index (χ2n) is 3.73. The van der Waals surface area contributed by atoms with E-state index >= 15 is 0 Å². The Hall–Kier alpha value is -0.780. The van der Waals surface area contributed by atoms with Crippen LogP contribution < -0.4 is 9.46 Å². The molecule has 6 heteroatoms. The van der Waals surface area contributed by atoms with E-state index < -0.39 is 10.0 Å². The number of rotatable bonds is 5. The van der Waals surface area contributed by atoms with Gasteiger partial charge in [-0.15, -0.1) is 0 Å². The van der Waals surface area contributed by atoms with Crippen LogP contribution in [0.3, 0.4) is 0 Å². The Morgan fingerprint density at radius 3 is 2.65 bits per heavy atom. The van der Waals surface area contributed by atoms with E-state index in [0.29, 0.717) is 10.8 Å². The third-order valence-electron chi connectivity index (χ3n) is 2.40. The largest absolute Gasteiger partial charge is 0.495 e. The van der Waals surface area contributed by atoms with Gasteiger partial charge in [0.2, 0.25) is 10.0 Å². The van der Waals surface area contributed by atoms with Gasteiger partial charge in [0, 0.05) is 12.1 Å². The van der Waals surface area contributed by atoms with Crippen LogP contribution in [0.4, 0.5) is 0 Å². The molecule has 0 amide bonds. The van der Waals surface area contributed by atoms with Gasteiger partial charge in [-0.1, -0.05) is 18.5 Å². The zero-order chi connectivity index (χ0) is 13.1. The molecule has 0 unspecified atom stereocenters. The minimum atomic E-state index is -3.51. The van der Waals surface area contributed by atoms with Crippen molar-refractivity contribution in [3.8, 4) is 5.75 Å². The molecule has 96 valence electrons. The van der Waals surface area contributed by atoms with E-state index in [1.54, 1.807) is 0 Å². The summed E-state index contributed by atoms with van der Waals surface area (Å²) in [5, 5.41) is 0.384. The van der Waals surface area contributed by atoms with Gasteiger partial charge in [-0.2, -0.15) is 0 Å². The van der Waals surface area contributed by atoms with Crippen LogP contribution in [0.15, 0.2) is 23.1 Å². The molecule has 1 rings (SSSR count). The fourth-order valence-corrected chi connectivity index (χ4v) is 2.76. The Balaban J connectivity index is 3.07. The van der Waals surface area contributed by atoms with Crippen LogP contribution in [0.1, 0.15) is 20.3 Å². The highest BCUT2D eigenvalue weighted by molar-refractivity contribution is 7.89. The average Bonchev–Trinajstić information content (AvgIpc) is 2.28. The van der Waals surface area contributed by atoms with Crippen LogP contribution in [0, 0.1) is 0 Å². The first-order valence-electron chi connectivity index (χ1n) is 5.26. The minimum Gasteiger partial charge on any atom is -0.495 e. The maximum Gasteiger partial charge on any atom is 0.240 e. The second-order valence-corrected chi connectivity index (χ2v) is 5.85. The molecule has 0 saturated heterocycles. The lowest BCUT2D eigenvalue weighted by Crippen LogP contribution is -2.31. The first-order chi connectivity index (χ1) is 7.90. The van der Waals surface area contributed by atoms with E-state index in [9.17, 15) is 8.42 Å². The van der Waals surface area contributed by atoms with Crippen molar-refractivity contribution in [1.82, 2.24) is 4.72 Å². The van der Waals surface area contributed by atoms with Crippen molar-refractivity contribution in [3.05, 3.63) is 23.2 Å². The summed E-state index contributed by atoms with van der Waals surface area (Å²) in [5.41, 5.74) is 0. The van der Waals surface area contributed by atoms with Gasteiger partial charge >= 0.3 is 0 Å². The monoisotopic (exact) mass is 277 g/mol. The summed E-state index contributed by atoms with van der Waals surface area (Å²) in [7, 11) is -2.07. The maximum absolute atomic E-state index is 12.0. The van der Waals surface area contributed by atoms with Crippen molar-refractivity contribution in [2.24, 2.45) is 0 Å². The summed E-state index contributed by atoms with van der Waals surface area (Å²) in [6, 6.07) is 4.26. The van der Waals surface area contributed by atoms with Crippen molar-refractivity contribution in [3.63, 3.8) is 0 Å². The molecule has 1 N–H and O–H groups in total. The van der Waals surface area contributed by atoms with Gasteiger partial charge in [0.05, 0.1) is 17.0 Å². The lowest BCUT2D eigenvalue weighted by Gasteiger charge is -2.13. The molecular formula is C11H16ClNO3S. The molecule has 4 nitrogen and oxygen atoms in total. The van der Waals surface area contributed by atoms with E-state index in [0.717, 1.165) is 6.42 Å². The number of hydrogen-bond acceptors (Lipinski definition) is 3.